The second kappa shape index (κ2) is 7.80. The second-order valence-corrected chi connectivity index (χ2v) is 10.9. The Labute approximate surface area is 189 Å². The van der Waals surface area contributed by atoms with Crippen LogP contribution in [0.2, 0.25) is 0 Å². The van der Waals surface area contributed by atoms with Crippen LogP contribution in [0, 0.1) is 28.6 Å². The highest BCUT2D eigenvalue weighted by Crippen LogP contribution is 2.65. The molecule has 0 bridgehead atoms. The summed E-state index contributed by atoms with van der Waals surface area (Å²) in [5, 5.41) is 29.8. The van der Waals surface area contributed by atoms with E-state index in [4.69, 9.17) is 9.57 Å². The van der Waals surface area contributed by atoms with Crippen LogP contribution in [0.1, 0.15) is 65.2 Å². The monoisotopic (exact) mass is 445 g/mol. The highest BCUT2D eigenvalue weighted by molar-refractivity contribution is 5.71. The lowest BCUT2D eigenvalue weighted by Gasteiger charge is -2.58. The van der Waals surface area contributed by atoms with Gasteiger partial charge < -0.3 is 24.9 Å². The molecule has 1 heterocycles. The molecule has 0 aromatic carbocycles. The largest absolute Gasteiger partial charge is 0.492 e. The first-order valence-corrected chi connectivity index (χ1v) is 12.0. The lowest BCUT2D eigenvalue weighted by Crippen LogP contribution is -2.51. The highest BCUT2D eigenvalue weighted by atomic mass is 16.7. The number of aromatic nitrogens is 1. The third kappa shape index (κ3) is 3.36. The van der Waals surface area contributed by atoms with Gasteiger partial charge in [-0.2, -0.15) is 0 Å². The Bertz CT molecular complexity index is 904. The molecular weight excluding hydrogens is 410 g/mol. The minimum atomic E-state index is -0.673. The summed E-state index contributed by atoms with van der Waals surface area (Å²) in [5.74, 6) is 0.635. The smallest absolute Gasteiger partial charge is 0.358 e. The number of rotatable bonds is 4. The number of aromatic hydroxyl groups is 2. The highest BCUT2D eigenvalue weighted by Gasteiger charge is 2.58. The fourth-order valence-electron chi connectivity index (χ4n) is 7.60. The molecule has 0 radical (unpaired) electrons. The third-order valence-corrected chi connectivity index (χ3v) is 9.43. The van der Waals surface area contributed by atoms with Gasteiger partial charge in [-0.05, 0) is 80.0 Å². The number of aliphatic hydroxyl groups excluding tert-OH is 1. The van der Waals surface area contributed by atoms with E-state index in [0.29, 0.717) is 22.5 Å². The van der Waals surface area contributed by atoms with E-state index < -0.39 is 5.97 Å². The fraction of sp³-hybridized carbons (Fsp3) is 0.720. The van der Waals surface area contributed by atoms with Gasteiger partial charge in [-0.15, -0.1) is 4.73 Å². The molecule has 4 aliphatic carbocycles. The van der Waals surface area contributed by atoms with Gasteiger partial charge in [0.2, 0.25) is 11.8 Å². The standard InChI is InChI=1S/C25H35NO6/c1-24-11-9-16(31-14-23(30)32-26-21(28)7-8-22(26)29)13-15(24)3-4-17-18-5-6-20(27)25(18,2)12-10-19(17)24/h7-8,13,16-20,27-29H,3-6,9-12,14H2,1-2H3/t16-,17?,18?,19?,20?,24?,25?/m0/s1. The van der Waals surface area contributed by atoms with E-state index >= 15 is 0 Å². The van der Waals surface area contributed by atoms with Gasteiger partial charge in [0, 0.05) is 12.1 Å². The minimum Gasteiger partial charge on any atom is -0.492 e. The van der Waals surface area contributed by atoms with Gasteiger partial charge in [0.25, 0.3) is 0 Å². The number of aliphatic hydroxyl groups is 1. The van der Waals surface area contributed by atoms with E-state index in [2.05, 4.69) is 19.9 Å². The maximum Gasteiger partial charge on any atom is 0.358 e. The van der Waals surface area contributed by atoms with Gasteiger partial charge in [-0.3, -0.25) is 0 Å². The molecule has 32 heavy (non-hydrogen) atoms. The number of hydrogen-bond acceptors (Lipinski definition) is 6. The van der Waals surface area contributed by atoms with Gasteiger partial charge in [0.05, 0.1) is 12.2 Å². The first-order valence-electron chi connectivity index (χ1n) is 12.0. The van der Waals surface area contributed by atoms with Crippen LogP contribution in [-0.4, -0.2) is 44.8 Å². The van der Waals surface area contributed by atoms with Crippen LogP contribution >= 0.6 is 0 Å². The van der Waals surface area contributed by atoms with Gasteiger partial charge >= 0.3 is 5.97 Å². The van der Waals surface area contributed by atoms with Crippen LogP contribution < -0.4 is 4.84 Å². The summed E-state index contributed by atoms with van der Waals surface area (Å²) in [6.07, 6.45) is 10.5. The van der Waals surface area contributed by atoms with Crippen LogP contribution in [-0.2, 0) is 9.53 Å². The van der Waals surface area contributed by atoms with Crippen molar-refractivity contribution in [1.29, 1.82) is 0 Å². The van der Waals surface area contributed by atoms with Crippen LogP contribution in [0.15, 0.2) is 23.8 Å². The molecule has 0 spiro atoms. The maximum atomic E-state index is 12.1. The quantitative estimate of drug-likeness (QED) is 0.613. The molecular formula is C25H35NO6. The Morgan fingerprint density at radius 3 is 2.56 bits per heavy atom. The van der Waals surface area contributed by atoms with Gasteiger partial charge in [0.15, 0.2) is 0 Å². The van der Waals surface area contributed by atoms with E-state index in [0.717, 1.165) is 38.5 Å². The zero-order valence-corrected chi connectivity index (χ0v) is 19.0. The SMILES string of the molecule is CC12CC[C@H](OCC(=O)On3c(O)ccc3O)C=C1CCC1C2CCC2(C)C(O)CCC12. The molecule has 1 aromatic heterocycles. The number of allylic oxidation sites excluding steroid dienone is 1. The van der Waals surface area contributed by atoms with Crippen molar-refractivity contribution in [1.82, 2.24) is 4.73 Å². The number of carbonyl (C=O) groups is 1. The molecule has 7 atom stereocenters. The number of nitrogens with zero attached hydrogens (tertiary/aromatic N) is 1. The molecule has 7 heteroatoms. The first-order chi connectivity index (χ1) is 15.2. The van der Waals surface area contributed by atoms with Crippen molar-refractivity contribution in [2.24, 2.45) is 28.6 Å². The lowest BCUT2D eigenvalue weighted by atomic mass is 9.47. The van der Waals surface area contributed by atoms with Crippen LogP contribution in [0.5, 0.6) is 11.8 Å². The van der Waals surface area contributed by atoms with Crippen molar-refractivity contribution in [3.8, 4) is 11.8 Å². The molecule has 3 fully saturated rings. The van der Waals surface area contributed by atoms with Gasteiger partial charge in [0.1, 0.15) is 6.61 Å². The van der Waals surface area contributed by atoms with Gasteiger partial charge in [-0.25, -0.2) is 4.79 Å². The van der Waals surface area contributed by atoms with E-state index in [1.54, 1.807) is 0 Å². The molecule has 0 amide bonds. The fourth-order valence-corrected chi connectivity index (χ4v) is 7.60. The molecule has 0 saturated heterocycles. The van der Waals surface area contributed by atoms with E-state index in [-0.39, 0.29) is 41.4 Å². The second-order valence-electron chi connectivity index (χ2n) is 10.9. The molecule has 5 rings (SSSR count). The Morgan fingerprint density at radius 1 is 1.06 bits per heavy atom. The van der Waals surface area contributed by atoms with Crippen LogP contribution in [0.25, 0.3) is 0 Å². The summed E-state index contributed by atoms with van der Waals surface area (Å²) in [6, 6.07) is 2.48. The lowest BCUT2D eigenvalue weighted by molar-refractivity contribution is -0.152. The van der Waals surface area contributed by atoms with E-state index in [9.17, 15) is 20.1 Å². The zero-order valence-electron chi connectivity index (χ0n) is 19.0. The predicted octanol–water partition coefficient (Wildman–Crippen LogP) is 3.56. The molecule has 4 aliphatic rings. The molecule has 7 nitrogen and oxygen atoms in total. The number of carbonyl (C=O) groups excluding carboxylic acids is 1. The normalized spacial score (nSPS) is 40.7. The average Bonchev–Trinajstić information content (AvgIpc) is 3.25. The number of fused-ring (bicyclic) bond motifs is 5. The average molecular weight is 446 g/mol. The Balaban J connectivity index is 1.23. The Hall–Kier alpha value is -1.99. The van der Waals surface area contributed by atoms with Crippen molar-refractivity contribution in [3.63, 3.8) is 0 Å². The van der Waals surface area contributed by atoms with Gasteiger partial charge in [-0.1, -0.05) is 25.5 Å². The van der Waals surface area contributed by atoms with Crippen molar-refractivity contribution in [3.05, 3.63) is 23.8 Å². The summed E-state index contributed by atoms with van der Waals surface area (Å²) in [4.78, 5) is 17.1. The number of ether oxygens (including phenoxy) is 1. The molecule has 6 unspecified atom stereocenters. The summed E-state index contributed by atoms with van der Waals surface area (Å²) in [6.45, 7) is 4.49. The summed E-state index contributed by atoms with van der Waals surface area (Å²) < 4.78 is 6.52. The summed E-state index contributed by atoms with van der Waals surface area (Å²) >= 11 is 0. The minimum absolute atomic E-state index is 0.0992. The molecule has 1 aromatic rings. The molecule has 3 N–H and O–H groups in total. The van der Waals surface area contributed by atoms with E-state index in [1.165, 1.54) is 30.5 Å². The topological polar surface area (TPSA) is 101 Å². The molecule has 0 aliphatic heterocycles. The zero-order chi connectivity index (χ0) is 22.7. The first kappa shape index (κ1) is 21.8. The molecule has 176 valence electrons. The third-order valence-electron chi connectivity index (χ3n) is 9.43. The van der Waals surface area contributed by atoms with Crippen molar-refractivity contribution < 1.29 is 29.7 Å². The van der Waals surface area contributed by atoms with Crippen LogP contribution in [0.3, 0.4) is 0 Å². The van der Waals surface area contributed by atoms with Crippen LogP contribution in [0.4, 0.5) is 0 Å². The summed E-state index contributed by atoms with van der Waals surface area (Å²) in [7, 11) is 0. The van der Waals surface area contributed by atoms with E-state index in [1.807, 2.05) is 0 Å². The maximum absolute atomic E-state index is 12.1. The van der Waals surface area contributed by atoms with Crippen molar-refractivity contribution in [2.75, 3.05) is 6.61 Å². The Kier molecular flexibility index (Phi) is 5.32. The summed E-state index contributed by atoms with van der Waals surface area (Å²) in [5.41, 5.74) is 1.74. The van der Waals surface area contributed by atoms with Crippen molar-refractivity contribution in [2.45, 2.75) is 77.4 Å². The number of hydrogen-bond donors (Lipinski definition) is 3. The van der Waals surface area contributed by atoms with Crippen molar-refractivity contribution >= 4 is 5.97 Å². The Morgan fingerprint density at radius 2 is 1.81 bits per heavy atom. The predicted molar refractivity (Wildman–Crippen MR) is 117 cm³/mol. The molecule has 3 saturated carbocycles.